The quantitative estimate of drug-likeness (QED) is 0.175. The van der Waals surface area contributed by atoms with Gasteiger partial charge in [-0.25, -0.2) is 9.18 Å². The fraction of sp³-hybridized carbons (Fsp3) is 0.353. The van der Waals surface area contributed by atoms with E-state index in [2.05, 4.69) is 15.5 Å². The lowest BCUT2D eigenvalue weighted by Crippen LogP contribution is -2.47. The van der Waals surface area contributed by atoms with Gasteiger partial charge in [0.15, 0.2) is 5.60 Å². The average Bonchev–Trinajstić information content (AvgIpc) is 3.72. The van der Waals surface area contributed by atoms with E-state index in [1.165, 1.54) is 17.8 Å². The molecule has 0 aliphatic carbocycles. The van der Waals surface area contributed by atoms with Crippen molar-refractivity contribution in [2.24, 2.45) is 5.92 Å². The van der Waals surface area contributed by atoms with E-state index in [1.54, 1.807) is 24.8 Å². The van der Waals surface area contributed by atoms with Gasteiger partial charge in [-0.1, -0.05) is 35.5 Å². The first-order valence-corrected chi connectivity index (χ1v) is 16.2. The van der Waals surface area contributed by atoms with Gasteiger partial charge in [-0.15, -0.1) is 11.8 Å². The minimum atomic E-state index is -1.18. The summed E-state index contributed by atoms with van der Waals surface area (Å²) in [5, 5.41) is 25.9. The molecule has 0 spiro atoms. The van der Waals surface area contributed by atoms with Gasteiger partial charge < -0.3 is 34.4 Å². The number of rotatable bonds is 10. The van der Waals surface area contributed by atoms with Gasteiger partial charge in [0.05, 0.1) is 30.3 Å². The van der Waals surface area contributed by atoms with Crippen molar-refractivity contribution in [2.75, 3.05) is 23.9 Å². The maximum absolute atomic E-state index is 15.7. The van der Waals surface area contributed by atoms with Crippen molar-refractivity contribution in [3.63, 3.8) is 0 Å². The van der Waals surface area contributed by atoms with E-state index in [1.807, 2.05) is 54.6 Å². The molecule has 3 heterocycles. The van der Waals surface area contributed by atoms with Gasteiger partial charge in [0.1, 0.15) is 17.3 Å². The summed E-state index contributed by atoms with van der Waals surface area (Å²) in [7, 11) is 0. The fourth-order valence-corrected chi connectivity index (χ4v) is 7.10. The van der Waals surface area contributed by atoms with E-state index in [4.69, 9.17) is 14.0 Å². The van der Waals surface area contributed by atoms with Crippen LogP contribution in [0.5, 0.6) is 11.5 Å². The van der Waals surface area contributed by atoms with Crippen LogP contribution in [0, 0.1) is 11.7 Å². The molecule has 1 fully saturated rings. The number of carbonyl (C=O) groups excluding carboxylic acids is 1. The zero-order valence-corrected chi connectivity index (χ0v) is 26.8. The van der Waals surface area contributed by atoms with Crippen LogP contribution < -0.4 is 15.0 Å². The molecular formula is C34H35FN4O7S. The molecule has 3 N–H and O–H groups in total. The molecule has 1 saturated heterocycles. The Morgan fingerprint density at radius 1 is 1.17 bits per heavy atom. The molecule has 2 aliphatic heterocycles. The van der Waals surface area contributed by atoms with Gasteiger partial charge in [-0.2, -0.15) is 4.98 Å². The van der Waals surface area contributed by atoms with Crippen molar-refractivity contribution in [1.29, 1.82) is 0 Å². The Hall–Kier alpha value is -4.46. The molecule has 6 rings (SSSR count). The van der Waals surface area contributed by atoms with Crippen LogP contribution in [0.1, 0.15) is 44.6 Å². The molecule has 13 heteroatoms. The number of aliphatic hydroxyl groups excluding tert-OH is 1. The number of nitrogens with zero attached hydrogens (tertiary/aromatic N) is 3. The van der Waals surface area contributed by atoms with Gasteiger partial charge in [0.25, 0.3) is 5.89 Å². The number of nitrogens with one attached hydrogen (secondary N) is 1. The summed E-state index contributed by atoms with van der Waals surface area (Å²) in [4.78, 5) is 32.3. The maximum Gasteiger partial charge on any atom is 0.405 e. The van der Waals surface area contributed by atoms with E-state index >= 15 is 4.39 Å². The molecule has 1 unspecified atom stereocenters. The van der Waals surface area contributed by atoms with Crippen molar-refractivity contribution < 1.29 is 38.2 Å². The zero-order valence-electron chi connectivity index (χ0n) is 25.9. The number of carboxylic acid groups (broad SMARTS) is 1. The highest BCUT2D eigenvalue weighted by molar-refractivity contribution is 7.99. The third kappa shape index (κ3) is 7.11. The van der Waals surface area contributed by atoms with Crippen molar-refractivity contribution in [3.8, 4) is 22.9 Å². The smallest absolute Gasteiger partial charge is 0.405 e. The minimum absolute atomic E-state index is 0.0289. The SMILES string of the molecule is CC(C)(C[C@H]1CSc2cc(F)c(-c3noc(C4(CO)CCCO4)n3)cc2N(Cc2ccc(Oc3ccccc3)cc2)C1=O)NC(=O)O. The molecule has 2 atom stereocenters. The van der Waals surface area contributed by atoms with E-state index in [0.29, 0.717) is 47.3 Å². The highest BCUT2D eigenvalue weighted by Crippen LogP contribution is 2.43. The molecule has 4 aromatic rings. The molecule has 1 aromatic heterocycles. The molecule has 246 valence electrons. The van der Waals surface area contributed by atoms with E-state index in [9.17, 15) is 19.8 Å². The molecule has 2 amide bonds. The Labute approximate surface area is 275 Å². The molecule has 0 saturated carbocycles. The summed E-state index contributed by atoms with van der Waals surface area (Å²) < 4.78 is 32.9. The van der Waals surface area contributed by atoms with Gasteiger partial charge in [0.2, 0.25) is 11.7 Å². The number of thioether (sulfide) groups is 1. The van der Waals surface area contributed by atoms with Gasteiger partial charge in [0, 0.05) is 22.8 Å². The first-order valence-electron chi connectivity index (χ1n) is 15.3. The Kier molecular flexibility index (Phi) is 9.22. The topological polar surface area (TPSA) is 147 Å². The zero-order chi connectivity index (χ0) is 33.2. The maximum atomic E-state index is 15.7. The Bertz CT molecular complexity index is 1740. The molecule has 0 bridgehead atoms. The fourth-order valence-electron chi connectivity index (χ4n) is 5.95. The summed E-state index contributed by atoms with van der Waals surface area (Å²) in [5.74, 6) is 0.257. The minimum Gasteiger partial charge on any atom is -0.465 e. The average molecular weight is 663 g/mol. The highest BCUT2D eigenvalue weighted by Gasteiger charge is 2.42. The second-order valence-corrected chi connectivity index (χ2v) is 13.4. The van der Waals surface area contributed by atoms with Crippen LogP contribution in [0.15, 0.2) is 76.1 Å². The Morgan fingerprint density at radius 3 is 2.60 bits per heavy atom. The Balaban J connectivity index is 1.34. The number of ether oxygens (including phenoxy) is 2. The summed E-state index contributed by atoms with van der Waals surface area (Å²) in [6, 6.07) is 19.6. The molecular weight excluding hydrogens is 627 g/mol. The van der Waals surface area contributed by atoms with Gasteiger partial charge >= 0.3 is 6.09 Å². The van der Waals surface area contributed by atoms with Crippen LogP contribution in [0.2, 0.25) is 0 Å². The van der Waals surface area contributed by atoms with E-state index < -0.39 is 29.0 Å². The number of aliphatic hydroxyl groups is 1. The lowest BCUT2D eigenvalue weighted by atomic mass is 9.90. The monoisotopic (exact) mass is 662 g/mol. The number of para-hydroxylation sites is 1. The van der Waals surface area contributed by atoms with Gasteiger partial charge in [-0.3, -0.25) is 4.79 Å². The molecule has 11 nitrogen and oxygen atoms in total. The number of fused-ring (bicyclic) bond motifs is 1. The normalized spacial score (nSPS) is 19.7. The van der Waals surface area contributed by atoms with Crippen LogP contribution in [0.25, 0.3) is 11.4 Å². The van der Waals surface area contributed by atoms with Crippen molar-refractivity contribution in [1.82, 2.24) is 15.5 Å². The second-order valence-electron chi connectivity index (χ2n) is 12.3. The van der Waals surface area contributed by atoms with Crippen LogP contribution in [-0.4, -0.2) is 56.9 Å². The summed E-state index contributed by atoms with van der Waals surface area (Å²) >= 11 is 1.33. The third-order valence-corrected chi connectivity index (χ3v) is 9.46. The summed E-state index contributed by atoms with van der Waals surface area (Å²) in [5.41, 5.74) is -0.734. The Morgan fingerprint density at radius 2 is 1.91 bits per heavy atom. The summed E-state index contributed by atoms with van der Waals surface area (Å²) in [6.07, 6.45) is 0.241. The highest BCUT2D eigenvalue weighted by atomic mass is 32.2. The number of halogens is 1. The van der Waals surface area contributed by atoms with Crippen LogP contribution in [0.3, 0.4) is 0 Å². The first kappa shape index (κ1) is 32.5. The van der Waals surface area contributed by atoms with E-state index in [0.717, 1.165) is 5.56 Å². The molecule has 2 aliphatic rings. The number of hydrogen-bond acceptors (Lipinski definition) is 9. The third-order valence-electron chi connectivity index (χ3n) is 8.26. The van der Waals surface area contributed by atoms with Crippen molar-refractivity contribution >= 4 is 29.4 Å². The number of carbonyl (C=O) groups is 2. The summed E-state index contributed by atoms with van der Waals surface area (Å²) in [6.45, 7) is 3.69. The van der Waals surface area contributed by atoms with Crippen LogP contribution >= 0.6 is 11.8 Å². The predicted octanol–water partition coefficient (Wildman–Crippen LogP) is 6.36. The number of benzene rings is 3. The number of hydrogen-bond donors (Lipinski definition) is 3. The van der Waals surface area contributed by atoms with Crippen molar-refractivity contribution in [3.05, 3.63) is 84.0 Å². The predicted molar refractivity (Wildman–Crippen MR) is 172 cm³/mol. The van der Waals surface area contributed by atoms with Crippen molar-refractivity contribution in [2.45, 2.75) is 55.7 Å². The van der Waals surface area contributed by atoms with Crippen LogP contribution in [0.4, 0.5) is 14.9 Å². The first-order chi connectivity index (χ1) is 22.6. The standard InChI is InChI=1S/C34H35FN4O7S/c1-33(2,37-32(42)43)17-22-19-47-28-16-26(35)25(29-36-31(46-38-29)34(20-40)13-6-14-44-34)15-27(28)39(30(22)41)18-21-9-11-24(12-10-21)45-23-7-4-3-5-8-23/h3-5,7-12,15-16,22,37,40H,6,13-14,17-20H2,1-2H3,(H,42,43)/t22-,34?/m0/s1. The number of aromatic nitrogens is 2. The lowest BCUT2D eigenvalue weighted by Gasteiger charge is -2.31. The number of amides is 2. The van der Waals surface area contributed by atoms with E-state index in [-0.39, 0.29) is 42.8 Å². The number of anilines is 1. The van der Waals surface area contributed by atoms with Crippen LogP contribution in [-0.2, 0) is 21.7 Å². The van der Waals surface area contributed by atoms with Gasteiger partial charge in [-0.05, 0) is 75.1 Å². The molecule has 3 aromatic carbocycles. The molecule has 0 radical (unpaired) electrons. The lowest BCUT2D eigenvalue weighted by molar-refractivity contribution is -0.122. The second kappa shape index (κ2) is 13.3. The molecule has 47 heavy (non-hydrogen) atoms. The largest absolute Gasteiger partial charge is 0.465 e.